The molecule has 2 aromatic rings. The van der Waals surface area contributed by atoms with Crippen molar-refractivity contribution in [3.8, 4) is 0 Å². The first-order chi connectivity index (χ1) is 9.63. The van der Waals surface area contributed by atoms with Crippen molar-refractivity contribution in [2.75, 3.05) is 6.54 Å². The SMILES string of the molecule is Cc1ccc(CC(CNC(C)C)Cc2cccs2)cc1. The fourth-order valence-corrected chi connectivity index (χ4v) is 3.21. The fourth-order valence-electron chi connectivity index (χ4n) is 2.39. The molecule has 0 saturated heterocycles. The molecule has 1 atom stereocenters. The molecule has 0 radical (unpaired) electrons. The molecular weight excluding hydrogens is 262 g/mol. The summed E-state index contributed by atoms with van der Waals surface area (Å²) >= 11 is 1.87. The molecule has 0 aliphatic carbocycles. The van der Waals surface area contributed by atoms with Gasteiger partial charge in [0.05, 0.1) is 0 Å². The zero-order valence-corrected chi connectivity index (χ0v) is 13.5. The van der Waals surface area contributed by atoms with Gasteiger partial charge in [-0.25, -0.2) is 0 Å². The Bertz CT molecular complexity index is 485. The molecule has 1 aromatic carbocycles. The van der Waals surface area contributed by atoms with E-state index in [1.165, 1.54) is 22.4 Å². The third-order valence-electron chi connectivity index (χ3n) is 3.53. The summed E-state index contributed by atoms with van der Waals surface area (Å²) in [7, 11) is 0. The van der Waals surface area contributed by atoms with Gasteiger partial charge in [-0.1, -0.05) is 49.7 Å². The molecular formula is C18H25NS. The summed E-state index contributed by atoms with van der Waals surface area (Å²) < 4.78 is 0. The van der Waals surface area contributed by atoms with Crippen molar-refractivity contribution in [1.82, 2.24) is 5.32 Å². The van der Waals surface area contributed by atoms with Crippen molar-refractivity contribution in [2.45, 2.75) is 39.7 Å². The minimum atomic E-state index is 0.554. The van der Waals surface area contributed by atoms with Gasteiger partial charge in [-0.2, -0.15) is 0 Å². The van der Waals surface area contributed by atoms with E-state index in [1.54, 1.807) is 0 Å². The molecule has 1 nitrogen and oxygen atoms in total. The summed E-state index contributed by atoms with van der Waals surface area (Å²) in [5.41, 5.74) is 2.78. The highest BCUT2D eigenvalue weighted by molar-refractivity contribution is 7.09. The van der Waals surface area contributed by atoms with Crippen LogP contribution in [0.15, 0.2) is 41.8 Å². The van der Waals surface area contributed by atoms with Crippen LogP contribution in [0.1, 0.15) is 29.9 Å². The van der Waals surface area contributed by atoms with E-state index < -0.39 is 0 Å². The zero-order chi connectivity index (χ0) is 14.4. The van der Waals surface area contributed by atoms with Gasteiger partial charge in [0.1, 0.15) is 0 Å². The second kappa shape index (κ2) is 7.61. The van der Waals surface area contributed by atoms with Crippen LogP contribution in [0.25, 0.3) is 0 Å². The molecule has 1 unspecified atom stereocenters. The first-order valence-electron chi connectivity index (χ1n) is 7.45. The molecule has 0 bridgehead atoms. The highest BCUT2D eigenvalue weighted by Gasteiger charge is 2.12. The van der Waals surface area contributed by atoms with E-state index in [-0.39, 0.29) is 0 Å². The normalized spacial score (nSPS) is 12.8. The van der Waals surface area contributed by atoms with E-state index in [2.05, 4.69) is 67.9 Å². The summed E-state index contributed by atoms with van der Waals surface area (Å²) in [4.78, 5) is 1.49. The van der Waals surface area contributed by atoms with Crippen LogP contribution in [0, 0.1) is 12.8 Å². The van der Waals surface area contributed by atoms with Gasteiger partial charge in [0, 0.05) is 10.9 Å². The highest BCUT2D eigenvalue weighted by Crippen LogP contribution is 2.18. The molecule has 0 saturated carbocycles. The van der Waals surface area contributed by atoms with Crippen LogP contribution in [0.2, 0.25) is 0 Å². The topological polar surface area (TPSA) is 12.0 Å². The standard InChI is InChI=1S/C18H25NS/c1-14(2)19-13-17(12-18-5-4-10-20-18)11-16-8-6-15(3)7-9-16/h4-10,14,17,19H,11-13H2,1-3H3. The minimum absolute atomic E-state index is 0.554. The Morgan fingerprint density at radius 2 is 1.80 bits per heavy atom. The number of thiophene rings is 1. The number of rotatable bonds is 7. The van der Waals surface area contributed by atoms with E-state index in [9.17, 15) is 0 Å². The monoisotopic (exact) mass is 287 g/mol. The highest BCUT2D eigenvalue weighted by atomic mass is 32.1. The molecule has 0 fully saturated rings. The van der Waals surface area contributed by atoms with Gasteiger partial charge in [-0.05, 0) is 49.2 Å². The number of aryl methyl sites for hydroxylation is 1. The van der Waals surface area contributed by atoms with E-state index in [1.807, 2.05) is 11.3 Å². The maximum absolute atomic E-state index is 3.59. The van der Waals surface area contributed by atoms with Crippen LogP contribution in [0.4, 0.5) is 0 Å². The number of hydrogen-bond acceptors (Lipinski definition) is 2. The summed E-state index contributed by atoms with van der Waals surface area (Å²) in [5, 5.41) is 5.77. The predicted octanol–water partition coefficient (Wildman–Crippen LogP) is 4.46. The van der Waals surface area contributed by atoms with Crippen molar-refractivity contribution in [2.24, 2.45) is 5.92 Å². The van der Waals surface area contributed by atoms with Crippen molar-refractivity contribution < 1.29 is 0 Å². The van der Waals surface area contributed by atoms with Crippen molar-refractivity contribution in [3.05, 3.63) is 57.8 Å². The van der Waals surface area contributed by atoms with Crippen LogP contribution in [0.3, 0.4) is 0 Å². The largest absolute Gasteiger partial charge is 0.314 e. The third kappa shape index (κ3) is 5.10. The lowest BCUT2D eigenvalue weighted by atomic mass is 9.94. The molecule has 0 amide bonds. The van der Waals surface area contributed by atoms with Gasteiger partial charge in [-0.15, -0.1) is 11.3 Å². The second-order valence-electron chi connectivity index (χ2n) is 5.90. The molecule has 1 aromatic heterocycles. The molecule has 0 aliphatic heterocycles. The smallest absolute Gasteiger partial charge is 0.00485 e. The Kier molecular flexibility index (Phi) is 5.81. The molecule has 0 spiro atoms. The number of benzene rings is 1. The van der Waals surface area contributed by atoms with E-state index >= 15 is 0 Å². The molecule has 1 N–H and O–H groups in total. The molecule has 20 heavy (non-hydrogen) atoms. The average Bonchev–Trinajstić information content (AvgIpc) is 2.91. The van der Waals surface area contributed by atoms with E-state index in [4.69, 9.17) is 0 Å². The zero-order valence-electron chi connectivity index (χ0n) is 12.7. The maximum atomic E-state index is 3.59. The Hall–Kier alpha value is -1.12. The minimum Gasteiger partial charge on any atom is -0.314 e. The Morgan fingerprint density at radius 3 is 2.40 bits per heavy atom. The van der Waals surface area contributed by atoms with Gasteiger partial charge >= 0.3 is 0 Å². The van der Waals surface area contributed by atoms with Crippen LogP contribution in [-0.2, 0) is 12.8 Å². The van der Waals surface area contributed by atoms with Crippen LogP contribution in [-0.4, -0.2) is 12.6 Å². The second-order valence-corrected chi connectivity index (χ2v) is 6.93. The maximum Gasteiger partial charge on any atom is 0.00485 e. The Morgan fingerprint density at radius 1 is 1.05 bits per heavy atom. The fraction of sp³-hybridized carbons (Fsp3) is 0.444. The van der Waals surface area contributed by atoms with E-state index in [0.717, 1.165) is 13.0 Å². The summed E-state index contributed by atoms with van der Waals surface area (Å²) in [6, 6.07) is 13.9. The van der Waals surface area contributed by atoms with Crippen molar-refractivity contribution in [1.29, 1.82) is 0 Å². The van der Waals surface area contributed by atoms with Gasteiger partial charge in [0.25, 0.3) is 0 Å². The van der Waals surface area contributed by atoms with Gasteiger partial charge in [-0.3, -0.25) is 0 Å². The quantitative estimate of drug-likeness (QED) is 0.793. The Balaban J connectivity index is 1.99. The molecule has 2 heteroatoms. The van der Waals surface area contributed by atoms with Crippen molar-refractivity contribution in [3.63, 3.8) is 0 Å². The molecule has 2 rings (SSSR count). The summed E-state index contributed by atoms with van der Waals surface area (Å²) in [5.74, 6) is 0.666. The lowest BCUT2D eigenvalue weighted by Crippen LogP contribution is -2.30. The lowest BCUT2D eigenvalue weighted by Gasteiger charge is -2.19. The molecule has 0 aliphatic rings. The third-order valence-corrected chi connectivity index (χ3v) is 4.43. The van der Waals surface area contributed by atoms with Gasteiger partial charge in [0.15, 0.2) is 0 Å². The molecule has 108 valence electrons. The summed E-state index contributed by atoms with van der Waals surface area (Å²) in [6.45, 7) is 7.67. The van der Waals surface area contributed by atoms with Gasteiger partial charge < -0.3 is 5.32 Å². The number of hydrogen-bond donors (Lipinski definition) is 1. The average molecular weight is 287 g/mol. The van der Waals surface area contributed by atoms with E-state index in [0.29, 0.717) is 12.0 Å². The van der Waals surface area contributed by atoms with Crippen LogP contribution < -0.4 is 5.32 Å². The predicted molar refractivity (Wildman–Crippen MR) is 89.5 cm³/mol. The van der Waals surface area contributed by atoms with Crippen molar-refractivity contribution >= 4 is 11.3 Å². The number of nitrogens with one attached hydrogen (secondary N) is 1. The lowest BCUT2D eigenvalue weighted by molar-refractivity contribution is 0.446. The Labute approximate surface area is 127 Å². The van der Waals surface area contributed by atoms with Gasteiger partial charge in [0.2, 0.25) is 0 Å². The van der Waals surface area contributed by atoms with Crippen LogP contribution >= 0.6 is 11.3 Å². The molecule has 1 heterocycles. The van der Waals surface area contributed by atoms with Crippen LogP contribution in [0.5, 0.6) is 0 Å². The first kappa shape index (κ1) is 15.3. The first-order valence-corrected chi connectivity index (χ1v) is 8.32. The summed E-state index contributed by atoms with van der Waals surface area (Å²) in [6.07, 6.45) is 2.32.